The van der Waals surface area contributed by atoms with Crippen LogP contribution in [0, 0.1) is 0 Å². The third-order valence-corrected chi connectivity index (χ3v) is 10.4. The van der Waals surface area contributed by atoms with Crippen LogP contribution in [0.25, 0.3) is 0 Å². The van der Waals surface area contributed by atoms with Gasteiger partial charge >= 0.3 is 0 Å². The SMILES string of the molecule is CC/C=C/C(=Nc1ccccc1CC/C=C/CCCCCCCCCCCCCCCCCCC)C(CCCC)=Nc1cc(CCC)cc(CCC)c1.[Ni]. The van der Waals surface area contributed by atoms with E-state index in [9.17, 15) is 0 Å². The van der Waals surface area contributed by atoms with Crippen molar-refractivity contribution in [2.45, 2.75) is 214 Å². The van der Waals surface area contributed by atoms with Gasteiger partial charge in [-0.2, -0.15) is 0 Å². The van der Waals surface area contributed by atoms with Gasteiger partial charge in [0.1, 0.15) is 0 Å². The van der Waals surface area contributed by atoms with Crippen LogP contribution in [0.1, 0.15) is 212 Å². The Hall–Kier alpha value is -2.25. The summed E-state index contributed by atoms with van der Waals surface area (Å²) in [5, 5.41) is 0. The summed E-state index contributed by atoms with van der Waals surface area (Å²) in [6, 6.07) is 15.7. The summed E-state index contributed by atoms with van der Waals surface area (Å²) in [7, 11) is 0. The summed E-state index contributed by atoms with van der Waals surface area (Å²) in [6.07, 6.45) is 45.5. The van der Waals surface area contributed by atoms with Gasteiger partial charge in [-0.25, -0.2) is 4.99 Å². The van der Waals surface area contributed by atoms with Crippen molar-refractivity contribution in [2.24, 2.45) is 9.98 Å². The maximum atomic E-state index is 5.34. The Bertz CT molecular complexity index is 1280. The van der Waals surface area contributed by atoms with Gasteiger partial charge in [0.2, 0.25) is 0 Å². The number of allylic oxidation sites excluding steroid dienone is 4. The van der Waals surface area contributed by atoms with Crippen LogP contribution in [0.15, 0.2) is 76.8 Å². The zero-order chi connectivity index (χ0) is 38.0. The minimum absolute atomic E-state index is 0. The molecule has 0 unspecified atom stereocenters. The van der Waals surface area contributed by atoms with Crippen LogP contribution in [0.4, 0.5) is 11.4 Å². The van der Waals surface area contributed by atoms with Crippen LogP contribution in [0.5, 0.6) is 0 Å². The number of rotatable bonds is 33. The van der Waals surface area contributed by atoms with Crippen molar-refractivity contribution >= 4 is 22.8 Å². The van der Waals surface area contributed by atoms with Crippen molar-refractivity contribution in [2.75, 3.05) is 0 Å². The molecular weight excluding hydrogens is 699 g/mol. The second-order valence-corrected chi connectivity index (χ2v) is 15.6. The minimum atomic E-state index is 0. The van der Waals surface area contributed by atoms with Crippen LogP contribution in [0.2, 0.25) is 0 Å². The molecule has 0 amide bonds. The molecule has 0 heterocycles. The average Bonchev–Trinajstić information content (AvgIpc) is 3.16. The van der Waals surface area contributed by atoms with Crippen LogP contribution in [-0.4, -0.2) is 11.4 Å². The zero-order valence-electron chi connectivity index (χ0n) is 35.9. The molecule has 0 saturated heterocycles. The van der Waals surface area contributed by atoms with Crippen LogP contribution < -0.4 is 0 Å². The predicted molar refractivity (Wildman–Crippen MR) is 240 cm³/mol. The maximum Gasteiger partial charge on any atom is 0.0848 e. The summed E-state index contributed by atoms with van der Waals surface area (Å²) in [4.78, 5) is 10.7. The molecule has 2 rings (SSSR count). The number of hydrogen-bond acceptors (Lipinski definition) is 2. The Morgan fingerprint density at radius 2 is 1.02 bits per heavy atom. The van der Waals surface area contributed by atoms with E-state index < -0.39 is 0 Å². The molecule has 0 radical (unpaired) electrons. The van der Waals surface area contributed by atoms with E-state index in [0.717, 1.165) is 87.0 Å². The van der Waals surface area contributed by atoms with E-state index in [1.165, 1.54) is 132 Å². The summed E-state index contributed by atoms with van der Waals surface area (Å²) in [6.45, 7) is 11.3. The van der Waals surface area contributed by atoms with Gasteiger partial charge in [-0.15, -0.1) is 0 Å². The molecule has 306 valence electrons. The second-order valence-electron chi connectivity index (χ2n) is 15.6. The maximum absolute atomic E-state index is 5.34. The van der Waals surface area contributed by atoms with Gasteiger partial charge in [-0.3, -0.25) is 4.99 Å². The predicted octanol–water partition coefficient (Wildman–Crippen LogP) is 17.1. The van der Waals surface area contributed by atoms with Gasteiger partial charge in [0.25, 0.3) is 0 Å². The molecule has 0 spiro atoms. The molecule has 0 fully saturated rings. The molecule has 0 atom stereocenters. The molecule has 3 heteroatoms. The van der Waals surface area contributed by atoms with Gasteiger partial charge in [0.15, 0.2) is 0 Å². The van der Waals surface area contributed by atoms with Crippen LogP contribution in [-0.2, 0) is 35.8 Å². The number of para-hydroxylation sites is 1. The first kappa shape index (κ1) is 49.8. The van der Waals surface area contributed by atoms with E-state index in [4.69, 9.17) is 9.98 Å². The quantitative estimate of drug-likeness (QED) is 0.0298. The average molecular weight is 782 g/mol. The van der Waals surface area contributed by atoms with Gasteiger partial charge in [-0.1, -0.05) is 199 Å². The minimum Gasteiger partial charge on any atom is -0.251 e. The van der Waals surface area contributed by atoms with Crippen molar-refractivity contribution in [1.29, 1.82) is 0 Å². The molecule has 0 N–H and O–H groups in total. The molecule has 0 bridgehead atoms. The Labute approximate surface area is 345 Å². The Morgan fingerprint density at radius 3 is 1.56 bits per heavy atom. The normalized spacial score (nSPS) is 12.3. The zero-order valence-corrected chi connectivity index (χ0v) is 36.8. The van der Waals surface area contributed by atoms with Crippen molar-refractivity contribution in [3.63, 3.8) is 0 Å². The third-order valence-electron chi connectivity index (χ3n) is 10.4. The molecule has 0 aliphatic heterocycles. The Balaban J connectivity index is 0.0000146. The van der Waals surface area contributed by atoms with E-state index in [-0.39, 0.29) is 16.5 Å². The van der Waals surface area contributed by atoms with Crippen LogP contribution >= 0.6 is 0 Å². The second kappa shape index (κ2) is 35.2. The monoisotopic (exact) mass is 781 g/mol. The molecular formula is C51H82N2Ni. The fourth-order valence-electron chi connectivity index (χ4n) is 7.27. The van der Waals surface area contributed by atoms with Crippen molar-refractivity contribution in [3.05, 3.63) is 83.5 Å². The van der Waals surface area contributed by atoms with E-state index >= 15 is 0 Å². The smallest absolute Gasteiger partial charge is 0.0848 e. The number of hydrogen-bond donors (Lipinski definition) is 0. The summed E-state index contributed by atoms with van der Waals surface area (Å²) in [5.41, 5.74) is 8.41. The number of nitrogens with zero attached hydrogens (tertiary/aromatic N) is 2. The third kappa shape index (κ3) is 24.3. The Kier molecular flexibility index (Phi) is 32.4. The number of unbranched alkanes of at least 4 members (excludes halogenated alkanes) is 18. The van der Waals surface area contributed by atoms with E-state index in [1.807, 2.05) is 0 Å². The van der Waals surface area contributed by atoms with Gasteiger partial charge < -0.3 is 0 Å². The van der Waals surface area contributed by atoms with E-state index in [2.05, 4.69) is 101 Å². The van der Waals surface area contributed by atoms with Crippen molar-refractivity contribution in [1.82, 2.24) is 0 Å². The molecule has 0 aromatic heterocycles. The topological polar surface area (TPSA) is 24.7 Å². The Morgan fingerprint density at radius 1 is 0.500 bits per heavy atom. The first-order valence-corrected chi connectivity index (χ1v) is 22.8. The number of benzene rings is 2. The molecule has 0 aliphatic rings. The van der Waals surface area contributed by atoms with Crippen LogP contribution in [0.3, 0.4) is 0 Å². The number of aryl methyl sites for hydroxylation is 3. The van der Waals surface area contributed by atoms with Gasteiger partial charge in [-0.05, 0) is 98.8 Å². The summed E-state index contributed by atoms with van der Waals surface area (Å²) in [5.74, 6) is 0. The van der Waals surface area contributed by atoms with Gasteiger partial charge in [0, 0.05) is 16.5 Å². The standard InChI is InChI=1S/C51H82N2.Ni/c1-6-11-14-15-16-17-18-19-20-21-22-23-24-25-26-27-28-29-30-31-32-37-47-38-33-34-41-49(47)53-51(40-13-8-3)50(39-12-7-2)52-48-43-45(35-9-4)42-46(44-48)36-10-5;/h13,30-31,33-34,38,40-44H,6-12,14-29,32,35-37,39H2,1-5H3;/b31-30+,40-13+,52-50?,53-51?;. The number of aliphatic imine (C=N–C) groups is 2. The summed E-state index contributed by atoms with van der Waals surface area (Å²) < 4.78 is 0. The summed E-state index contributed by atoms with van der Waals surface area (Å²) >= 11 is 0. The largest absolute Gasteiger partial charge is 0.251 e. The molecule has 2 nitrogen and oxygen atoms in total. The van der Waals surface area contributed by atoms with Crippen molar-refractivity contribution < 1.29 is 16.5 Å². The van der Waals surface area contributed by atoms with E-state index in [1.54, 1.807) is 0 Å². The first-order valence-electron chi connectivity index (χ1n) is 22.8. The molecule has 2 aromatic rings. The first-order chi connectivity index (χ1) is 26.1. The molecule has 0 aliphatic carbocycles. The van der Waals surface area contributed by atoms with Gasteiger partial charge in [0.05, 0.1) is 22.8 Å². The molecule has 0 saturated carbocycles. The fraction of sp³-hybridized carbons (Fsp3) is 0.647. The fourth-order valence-corrected chi connectivity index (χ4v) is 7.27. The molecule has 54 heavy (non-hydrogen) atoms. The molecule has 2 aromatic carbocycles. The van der Waals surface area contributed by atoms with Crippen molar-refractivity contribution in [3.8, 4) is 0 Å². The van der Waals surface area contributed by atoms with E-state index in [0.29, 0.717) is 0 Å².